The average Bonchev–Trinajstić information content (AvgIpc) is 2.70. The Morgan fingerprint density at radius 1 is 1.06 bits per heavy atom. The molecule has 3 rings (SSSR count). The van der Waals surface area contributed by atoms with Crippen molar-refractivity contribution in [3.05, 3.63) is 82.6 Å². The number of sulfonamides is 1. The zero-order chi connectivity index (χ0) is 22.6. The SMILES string of the molecule is CCOc1ccc(NS(=O)(=O)c2cc(NC(=O)c3c(F)cccc3Cl)ccc2C)cc1. The maximum atomic E-state index is 14.0. The number of hydrogen-bond acceptors (Lipinski definition) is 4. The fourth-order valence-corrected chi connectivity index (χ4v) is 4.45. The second kappa shape index (κ2) is 9.36. The minimum atomic E-state index is -3.95. The van der Waals surface area contributed by atoms with E-state index in [-0.39, 0.29) is 21.2 Å². The maximum absolute atomic E-state index is 14.0. The second-order valence-electron chi connectivity index (χ2n) is 6.59. The number of carbonyl (C=O) groups excluding carboxylic acids is 1. The van der Waals surface area contributed by atoms with Gasteiger partial charge >= 0.3 is 0 Å². The van der Waals surface area contributed by atoms with E-state index in [0.717, 1.165) is 6.07 Å². The van der Waals surface area contributed by atoms with Crippen LogP contribution in [-0.2, 0) is 10.0 Å². The Morgan fingerprint density at radius 2 is 1.74 bits per heavy atom. The van der Waals surface area contributed by atoms with Crippen molar-refractivity contribution in [2.24, 2.45) is 0 Å². The minimum Gasteiger partial charge on any atom is -0.494 e. The lowest BCUT2D eigenvalue weighted by atomic mass is 10.1. The molecule has 3 aromatic carbocycles. The Hall–Kier alpha value is -3.10. The molecule has 3 aromatic rings. The molecule has 9 heteroatoms. The fraction of sp³-hybridized carbons (Fsp3) is 0.136. The van der Waals surface area contributed by atoms with Gasteiger partial charge < -0.3 is 10.1 Å². The first-order valence-corrected chi connectivity index (χ1v) is 11.2. The largest absolute Gasteiger partial charge is 0.494 e. The molecule has 0 fully saturated rings. The molecule has 0 aliphatic heterocycles. The molecule has 1 amide bonds. The number of ether oxygens (including phenoxy) is 1. The number of hydrogen-bond donors (Lipinski definition) is 2. The molecule has 2 N–H and O–H groups in total. The van der Waals surface area contributed by atoms with Gasteiger partial charge in [-0.1, -0.05) is 23.7 Å². The predicted octanol–water partition coefficient (Wildman–Crippen LogP) is 5.24. The molecule has 0 saturated heterocycles. The Labute approximate surface area is 185 Å². The Balaban J connectivity index is 1.85. The van der Waals surface area contributed by atoms with Crippen LogP contribution in [0.3, 0.4) is 0 Å². The van der Waals surface area contributed by atoms with E-state index in [2.05, 4.69) is 10.0 Å². The third kappa shape index (κ3) is 5.34. The Kier molecular flexibility index (Phi) is 6.82. The number of halogens is 2. The first-order chi connectivity index (χ1) is 14.7. The van der Waals surface area contributed by atoms with E-state index in [9.17, 15) is 17.6 Å². The van der Waals surface area contributed by atoms with Gasteiger partial charge in [0.2, 0.25) is 0 Å². The maximum Gasteiger partial charge on any atom is 0.262 e. The molecule has 0 saturated carbocycles. The van der Waals surface area contributed by atoms with E-state index >= 15 is 0 Å². The molecule has 31 heavy (non-hydrogen) atoms. The number of rotatable bonds is 7. The van der Waals surface area contributed by atoms with Crippen LogP contribution in [0.5, 0.6) is 5.75 Å². The van der Waals surface area contributed by atoms with Gasteiger partial charge in [-0.15, -0.1) is 0 Å². The van der Waals surface area contributed by atoms with Gasteiger partial charge in [-0.2, -0.15) is 0 Å². The zero-order valence-electron chi connectivity index (χ0n) is 16.8. The second-order valence-corrected chi connectivity index (χ2v) is 8.65. The van der Waals surface area contributed by atoms with E-state index in [1.54, 1.807) is 37.3 Å². The summed E-state index contributed by atoms with van der Waals surface area (Å²) in [6, 6.07) is 14.8. The molecular formula is C22H20ClFN2O4S. The van der Waals surface area contributed by atoms with Crippen molar-refractivity contribution in [2.75, 3.05) is 16.6 Å². The van der Waals surface area contributed by atoms with Crippen LogP contribution < -0.4 is 14.8 Å². The highest BCUT2D eigenvalue weighted by atomic mass is 35.5. The average molecular weight is 463 g/mol. The van der Waals surface area contributed by atoms with Crippen LogP contribution in [0.2, 0.25) is 5.02 Å². The van der Waals surface area contributed by atoms with Gasteiger partial charge in [-0.05, 0) is 67.9 Å². The predicted molar refractivity (Wildman–Crippen MR) is 119 cm³/mol. The lowest BCUT2D eigenvalue weighted by Gasteiger charge is -2.13. The van der Waals surface area contributed by atoms with Crippen molar-refractivity contribution < 1.29 is 22.3 Å². The van der Waals surface area contributed by atoms with Gasteiger partial charge in [-0.25, -0.2) is 12.8 Å². The molecule has 0 spiro atoms. The lowest BCUT2D eigenvalue weighted by Crippen LogP contribution is -2.17. The van der Waals surface area contributed by atoms with Gasteiger partial charge in [0, 0.05) is 11.4 Å². The highest BCUT2D eigenvalue weighted by Gasteiger charge is 2.20. The molecule has 0 bridgehead atoms. The van der Waals surface area contributed by atoms with E-state index < -0.39 is 21.7 Å². The smallest absolute Gasteiger partial charge is 0.262 e. The van der Waals surface area contributed by atoms with Crippen molar-refractivity contribution >= 4 is 38.9 Å². The van der Waals surface area contributed by atoms with Crippen molar-refractivity contribution in [3.8, 4) is 5.75 Å². The molecule has 0 atom stereocenters. The van der Waals surface area contributed by atoms with Gasteiger partial charge in [0.1, 0.15) is 11.6 Å². The van der Waals surface area contributed by atoms with Crippen LogP contribution in [0.15, 0.2) is 65.6 Å². The molecule has 0 aliphatic rings. The summed E-state index contributed by atoms with van der Waals surface area (Å²) < 4.78 is 47.7. The summed E-state index contributed by atoms with van der Waals surface area (Å²) >= 11 is 5.93. The minimum absolute atomic E-state index is 0.0289. The van der Waals surface area contributed by atoms with Crippen molar-refractivity contribution in [1.29, 1.82) is 0 Å². The fourth-order valence-electron chi connectivity index (χ4n) is 2.87. The highest BCUT2D eigenvalue weighted by molar-refractivity contribution is 7.92. The van der Waals surface area contributed by atoms with Crippen LogP contribution in [0.4, 0.5) is 15.8 Å². The van der Waals surface area contributed by atoms with Crippen LogP contribution in [0.1, 0.15) is 22.8 Å². The number of aryl methyl sites for hydroxylation is 1. The normalized spacial score (nSPS) is 11.1. The zero-order valence-corrected chi connectivity index (χ0v) is 18.4. The summed E-state index contributed by atoms with van der Waals surface area (Å²) in [5, 5.41) is 2.45. The Morgan fingerprint density at radius 3 is 2.39 bits per heavy atom. The van der Waals surface area contributed by atoms with E-state index in [4.69, 9.17) is 16.3 Å². The molecule has 0 heterocycles. The van der Waals surface area contributed by atoms with Crippen LogP contribution in [0.25, 0.3) is 0 Å². The molecule has 0 aromatic heterocycles. The van der Waals surface area contributed by atoms with E-state index in [1.807, 2.05) is 6.92 Å². The molecule has 162 valence electrons. The van der Waals surface area contributed by atoms with Crippen LogP contribution >= 0.6 is 11.6 Å². The lowest BCUT2D eigenvalue weighted by molar-refractivity contribution is 0.102. The summed E-state index contributed by atoms with van der Waals surface area (Å²) in [4.78, 5) is 12.4. The first-order valence-electron chi connectivity index (χ1n) is 9.33. The van der Waals surface area contributed by atoms with E-state index in [1.165, 1.54) is 24.3 Å². The summed E-state index contributed by atoms with van der Waals surface area (Å²) in [6.45, 7) is 3.98. The molecule has 0 aliphatic carbocycles. The molecule has 0 unspecified atom stereocenters. The molecule has 0 radical (unpaired) electrons. The number of nitrogens with one attached hydrogen (secondary N) is 2. The van der Waals surface area contributed by atoms with Gasteiger partial charge in [0.15, 0.2) is 0 Å². The van der Waals surface area contributed by atoms with Crippen molar-refractivity contribution in [1.82, 2.24) is 0 Å². The number of anilines is 2. The standard InChI is InChI=1S/C22H20ClFN2O4S/c1-3-30-17-11-9-15(10-12-17)26-31(28,29)20-13-16(8-7-14(20)2)25-22(27)21-18(23)5-4-6-19(21)24/h4-13,26H,3H2,1-2H3,(H,25,27). The van der Waals surface area contributed by atoms with Gasteiger partial charge in [0.25, 0.3) is 15.9 Å². The van der Waals surface area contributed by atoms with Crippen LogP contribution in [0, 0.1) is 12.7 Å². The topological polar surface area (TPSA) is 84.5 Å². The quantitative estimate of drug-likeness (QED) is 0.503. The number of carbonyl (C=O) groups is 1. The summed E-state index contributed by atoms with van der Waals surface area (Å²) in [6.07, 6.45) is 0. The third-order valence-corrected chi connectivity index (χ3v) is 6.18. The monoisotopic (exact) mass is 462 g/mol. The van der Waals surface area contributed by atoms with Gasteiger partial charge in [0.05, 0.1) is 22.1 Å². The van der Waals surface area contributed by atoms with Crippen molar-refractivity contribution in [3.63, 3.8) is 0 Å². The number of benzene rings is 3. The molecular weight excluding hydrogens is 443 g/mol. The highest BCUT2D eigenvalue weighted by Crippen LogP contribution is 2.26. The van der Waals surface area contributed by atoms with E-state index in [0.29, 0.717) is 23.6 Å². The number of amides is 1. The molecule has 6 nitrogen and oxygen atoms in total. The summed E-state index contributed by atoms with van der Waals surface area (Å²) in [5.74, 6) is -0.935. The summed E-state index contributed by atoms with van der Waals surface area (Å²) in [5.41, 5.74) is 0.694. The van der Waals surface area contributed by atoms with Crippen molar-refractivity contribution in [2.45, 2.75) is 18.7 Å². The van der Waals surface area contributed by atoms with Crippen LogP contribution in [-0.4, -0.2) is 20.9 Å². The summed E-state index contributed by atoms with van der Waals surface area (Å²) in [7, 11) is -3.95. The third-order valence-electron chi connectivity index (χ3n) is 4.34. The first kappa shape index (κ1) is 22.6. The Bertz CT molecular complexity index is 1190. The van der Waals surface area contributed by atoms with Gasteiger partial charge in [-0.3, -0.25) is 9.52 Å².